The first kappa shape index (κ1) is 17.3. The molecule has 2 aromatic heterocycles. The molecule has 2 atom stereocenters. The zero-order valence-electron chi connectivity index (χ0n) is 14.5. The first-order valence-corrected chi connectivity index (χ1v) is 8.77. The average Bonchev–Trinajstić information content (AvgIpc) is 2.91. The lowest BCUT2D eigenvalue weighted by Crippen LogP contribution is -2.11. The van der Waals surface area contributed by atoms with E-state index in [0.717, 1.165) is 24.6 Å². The van der Waals surface area contributed by atoms with Crippen molar-refractivity contribution in [3.05, 3.63) is 29.6 Å². The molecule has 2 aliphatic carbocycles. The van der Waals surface area contributed by atoms with Gasteiger partial charge in [0.2, 0.25) is 0 Å². The van der Waals surface area contributed by atoms with Crippen molar-refractivity contribution in [1.29, 1.82) is 0 Å². The largest absolute Gasteiger partial charge is 0.419 e. The minimum atomic E-state index is -4.56. The molecular weight excluding hydrogens is 345 g/mol. The molecule has 0 amide bonds. The SMILES string of the molecule is CC(C)n1nc(-c2cnc(N)c(C(F)(F)F)c2)cc1C1C2CC(O)CC21. The van der Waals surface area contributed by atoms with E-state index in [1.807, 2.05) is 24.6 Å². The van der Waals surface area contributed by atoms with Crippen molar-refractivity contribution in [3.8, 4) is 11.3 Å². The van der Waals surface area contributed by atoms with Crippen LogP contribution in [-0.4, -0.2) is 26.0 Å². The summed E-state index contributed by atoms with van der Waals surface area (Å²) in [4.78, 5) is 3.71. The van der Waals surface area contributed by atoms with Gasteiger partial charge >= 0.3 is 6.18 Å². The predicted molar refractivity (Wildman–Crippen MR) is 90.2 cm³/mol. The molecule has 0 radical (unpaired) electrons. The van der Waals surface area contributed by atoms with Gasteiger partial charge in [0, 0.05) is 29.4 Å². The van der Waals surface area contributed by atoms with E-state index in [1.54, 1.807) is 0 Å². The summed E-state index contributed by atoms with van der Waals surface area (Å²) in [7, 11) is 0. The molecule has 2 heterocycles. The fraction of sp³-hybridized carbons (Fsp3) is 0.556. The molecule has 8 heteroatoms. The number of aliphatic hydroxyl groups excluding tert-OH is 1. The smallest absolute Gasteiger partial charge is 0.393 e. The van der Waals surface area contributed by atoms with Crippen molar-refractivity contribution < 1.29 is 18.3 Å². The second-order valence-electron chi connectivity index (χ2n) is 7.63. The Hall–Kier alpha value is -2.09. The molecule has 2 aromatic rings. The summed E-state index contributed by atoms with van der Waals surface area (Å²) in [5, 5.41) is 14.3. The van der Waals surface area contributed by atoms with Gasteiger partial charge in [0.15, 0.2) is 0 Å². The number of rotatable bonds is 3. The number of fused-ring (bicyclic) bond motifs is 1. The third-order valence-electron chi connectivity index (χ3n) is 5.54. The number of pyridine rings is 1. The molecule has 2 fully saturated rings. The molecule has 0 aliphatic heterocycles. The number of alkyl halides is 3. The van der Waals surface area contributed by atoms with E-state index < -0.39 is 17.6 Å². The molecule has 4 rings (SSSR count). The van der Waals surface area contributed by atoms with Gasteiger partial charge in [-0.25, -0.2) is 4.98 Å². The second-order valence-corrected chi connectivity index (χ2v) is 7.63. The van der Waals surface area contributed by atoms with Crippen LogP contribution >= 0.6 is 0 Å². The maximum Gasteiger partial charge on any atom is 0.419 e. The standard InChI is InChI=1S/C18H21F3N4O/c1-8(2)25-15(16-11-4-10(26)5-12(11)16)6-14(24-25)9-3-13(18(19,20)21)17(22)23-7-9/h3,6-8,10-12,16,26H,4-5H2,1-2H3,(H2,22,23). The molecule has 0 saturated heterocycles. The van der Waals surface area contributed by atoms with Crippen LogP contribution in [0.3, 0.4) is 0 Å². The van der Waals surface area contributed by atoms with Crippen LogP contribution in [0, 0.1) is 11.8 Å². The first-order chi connectivity index (χ1) is 12.2. The number of hydrogen-bond acceptors (Lipinski definition) is 4. The third kappa shape index (κ3) is 2.76. The topological polar surface area (TPSA) is 77.0 Å². The Kier molecular flexibility index (Phi) is 3.80. The Morgan fingerprint density at radius 3 is 2.46 bits per heavy atom. The van der Waals surface area contributed by atoms with Crippen molar-refractivity contribution >= 4 is 5.82 Å². The van der Waals surface area contributed by atoms with Crippen LogP contribution in [0.2, 0.25) is 0 Å². The van der Waals surface area contributed by atoms with Gasteiger partial charge in [-0.3, -0.25) is 4.68 Å². The lowest BCUT2D eigenvalue weighted by Gasteiger charge is -2.13. The van der Waals surface area contributed by atoms with Crippen LogP contribution in [-0.2, 0) is 6.18 Å². The van der Waals surface area contributed by atoms with E-state index in [1.165, 1.54) is 6.20 Å². The Morgan fingerprint density at radius 2 is 1.88 bits per heavy atom. The zero-order valence-corrected chi connectivity index (χ0v) is 14.5. The molecule has 2 aliphatic rings. The Balaban J connectivity index is 1.72. The van der Waals surface area contributed by atoms with Gasteiger partial charge in [-0.05, 0) is 50.7 Å². The van der Waals surface area contributed by atoms with Crippen LogP contribution in [0.15, 0.2) is 18.3 Å². The highest BCUT2D eigenvalue weighted by atomic mass is 19.4. The van der Waals surface area contributed by atoms with Crippen LogP contribution < -0.4 is 5.73 Å². The molecular formula is C18H21F3N4O. The lowest BCUT2D eigenvalue weighted by atomic mass is 10.0. The van der Waals surface area contributed by atoms with E-state index >= 15 is 0 Å². The summed E-state index contributed by atoms with van der Waals surface area (Å²) < 4.78 is 41.2. The van der Waals surface area contributed by atoms with Crippen molar-refractivity contribution in [1.82, 2.24) is 14.8 Å². The normalized spacial score (nSPS) is 27.8. The molecule has 0 bridgehead atoms. The monoisotopic (exact) mass is 366 g/mol. The minimum Gasteiger partial charge on any atom is -0.393 e. The van der Waals surface area contributed by atoms with E-state index in [2.05, 4.69) is 10.1 Å². The van der Waals surface area contributed by atoms with Crippen LogP contribution in [0.4, 0.5) is 19.0 Å². The highest BCUT2D eigenvalue weighted by Gasteiger charge is 2.57. The minimum absolute atomic E-state index is 0.0915. The van der Waals surface area contributed by atoms with Gasteiger partial charge in [-0.1, -0.05) is 0 Å². The third-order valence-corrected chi connectivity index (χ3v) is 5.54. The molecule has 5 nitrogen and oxygen atoms in total. The number of aromatic nitrogens is 3. The fourth-order valence-electron chi connectivity index (χ4n) is 4.31. The Labute approximate surface area is 149 Å². The zero-order chi connectivity index (χ0) is 18.8. The van der Waals surface area contributed by atoms with Crippen molar-refractivity contribution in [2.24, 2.45) is 11.8 Å². The average molecular weight is 366 g/mol. The first-order valence-electron chi connectivity index (χ1n) is 8.77. The van der Waals surface area contributed by atoms with Gasteiger partial charge < -0.3 is 10.8 Å². The Morgan fingerprint density at radius 1 is 1.23 bits per heavy atom. The van der Waals surface area contributed by atoms with E-state index in [-0.39, 0.29) is 12.1 Å². The van der Waals surface area contributed by atoms with Gasteiger partial charge in [-0.2, -0.15) is 18.3 Å². The van der Waals surface area contributed by atoms with E-state index in [4.69, 9.17) is 5.73 Å². The molecule has 140 valence electrons. The summed E-state index contributed by atoms with van der Waals surface area (Å²) in [5.41, 5.74) is 6.25. The molecule has 26 heavy (non-hydrogen) atoms. The van der Waals surface area contributed by atoms with Crippen LogP contribution in [0.25, 0.3) is 11.3 Å². The molecule has 0 aromatic carbocycles. The number of aliphatic hydroxyl groups is 1. The number of anilines is 1. The maximum absolute atomic E-state index is 13.1. The molecule has 2 saturated carbocycles. The quantitative estimate of drug-likeness (QED) is 0.870. The number of nitrogen functional groups attached to an aromatic ring is 1. The molecule has 0 spiro atoms. The van der Waals surface area contributed by atoms with Crippen LogP contribution in [0.5, 0.6) is 0 Å². The van der Waals surface area contributed by atoms with Gasteiger partial charge in [0.1, 0.15) is 5.82 Å². The van der Waals surface area contributed by atoms with Crippen LogP contribution in [0.1, 0.15) is 49.9 Å². The number of nitrogens with zero attached hydrogens (tertiary/aromatic N) is 3. The summed E-state index contributed by atoms with van der Waals surface area (Å²) in [6, 6.07) is 2.97. The lowest BCUT2D eigenvalue weighted by molar-refractivity contribution is -0.137. The highest BCUT2D eigenvalue weighted by molar-refractivity contribution is 5.63. The van der Waals surface area contributed by atoms with Gasteiger partial charge in [0.05, 0.1) is 17.4 Å². The molecule has 3 N–H and O–H groups in total. The number of nitrogens with two attached hydrogens (primary N) is 1. The van der Waals surface area contributed by atoms with Gasteiger partial charge in [-0.15, -0.1) is 0 Å². The summed E-state index contributed by atoms with van der Waals surface area (Å²) in [5.74, 6) is 0.686. The predicted octanol–water partition coefficient (Wildman–Crippen LogP) is 3.61. The van der Waals surface area contributed by atoms with Crippen molar-refractivity contribution in [2.75, 3.05) is 5.73 Å². The maximum atomic E-state index is 13.1. The number of hydrogen-bond donors (Lipinski definition) is 2. The summed E-state index contributed by atoms with van der Waals surface area (Å²) in [6.07, 6.45) is -1.88. The second kappa shape index (κ2) is 5.70. The van der Waals surface area contributed by atoms with Crippen molar-refractivity contribution in [2.45, 2.75) is 50.9 Å². The van der Waals surface area contributed by atoms with E-state index in [9.17, 15) is 18.3 Å². The molecule has 2 unspecified atom stereocenters. The fourth-order valence-corrected chi connectivity index (χ4v) is 4.31. The van der Waals surface area contributed by atoms with E-state index in [0.29, 0.717) is 29.0 Å². The van der Waals surface area contributed by atoms with Gasteiger partial charge in [0.25, 0.3) is 0 Å². The summed E-state index contributed by atoms with van der Waals surface area (Å²) >= 11 is 0. The Bertz CT molecular complexity index is 833. The number of halogens is 3. The summed E-state index contributed by atoms with van der Waals surface area (Å²) in [6.45, 7) is 3.99. The van der Waals surface area contributed by atoms with Crippen molar-refractivity contribution in [3.63, 3.8) is 0 Å². The highest BCUT2D eigenvalue weighted by Crippen LogP contribution is 2.63.